The minimum absolute atomic E-state index is 0.0199. The fourth-order valence-corrected chi connectivity index (χ4v) is 3.69. The van der Waals surface area contributed by atoms with Gasteiger partial charge in [0.15, 0.2) is 5.78 Å². The number of ketones is 1. The third-order valence-electron chi connectivity index (χ3n) is 3.94. The van der Waals surface area contributed by atoms with Gasteiger partial charge in [-0.05, 0) is 36.6 Å². The normalized spacial score (nSPS) is 22.5. The van der Waals surface area contributed by atoms with Crippen molar-refractivity contribution in [1.82, 2.24) is 5.32 Å². The predicted octanol–water partition coefficient (Wildman–Crippen LogP) is 3.23. The van der Waals surface area contributed by atoms with E-state index in [1.54, 1.807) is 24.3 Å². The highest BCUT2D eigenvalue weighted by atomic mass is 35.5. The summed E-state index contributed by atoms with van der Waals surface area (Å²) >= 11 is 6.95. The maximum atomic E-state index is 12.1. The first-order valence-electron chi connectivity index (χ1n) is 7.80. The number of benzene rings is 1. The summed E-state index contributed by atoms with van der Waals surface area (Å²) in [7, 11) is 0. The van der Waals surface area contributed by atoms with E-state index in [1.165, 1.54) is 0 Å². The number of ether oxygens (including phenoxy) is 1. The molecule has 7 heteroatoms. The lowest BCUT2D eigenvalue weighted by molar-refractivity contribution is -0.123. The van der Waals surface area contributed by atoms with Crippen molar-refractivity contribution in [2.45, 2.75) is 18.1 Å². The molecule has 1 aromatic carbocycles. The standard InChI is InChI=1S/C18H16ClNO4S/c19-13-3-1-2-12(9-13)15(21)10-24-14-6-4-11(5-7-14)8-16-17(22)20-18(23)25-16/h1-7,12,16H,8-10H2,(H,20,22,23). The van der Waals surface area contributed by atoms with E-state index in [9.17, 15) is 14.4 Å². The lowest BCUT2D eigenvalue weighted by atomic mass is 9.96. The number of halogens is 1. The maximum Gasteiger partial charge on any atom is 0.286 e. The molecule has 1 aromatic rings. The number of imide groups is 1. The smallest absolute Gasteiger partial charge is 0.286 e. The van der Waals surface area contributed by atoms with E-state index in [2.05, 4.69) is 5.32 Å². The van der Waals surface area contributed by atoms with Gasteiger partial charge in [-0.25, -0.2) is 0 Å². The Balaban J connectivity index is 1.50. The summed E-state index contributed by atoms with van der Waals surface area (Å²) < 4.78 is 5.53. The van der Waals surface area contributed by atoms with E-state index in [1.807, 2.05) is 18.2 Å². The molecule has 0 spiro atoms. The highest BCUT2D eigenvalue weighted by Gasteiger charge is 2.31. The van der Waals surface area contributed by atoms with Crippen LogP contribution in [0.5, 0.6) is 5.75 Å². The molecule has 2 amide bonds. The van der Waals surface area contributed by atoms with Crippen molar-refractivity contribution in [3.63, 3.8) is 0 Å². The third-order valence-corrected chi connectivity index (χ3v) is 5.20. The Hall–Kier alpha value is -2.05. The highest BCUT2D eigenvalue weighted by Crippen LogP contribution is 2.25. The molecule has 130 valence electrons. The Labute approximate surface area is 154 Å². The molecule has 2 atom stereocenters. The van der Waals surface area contributed by atoms with E-state index in [-0.39, 0.29) is 29.5 Å². The topological polar surface area (TPSA) is 72.5 Å². The van der Waals surface area contributed by atoms with Gasteiger partial charge in [0.1, 0.15) is 12.4 Å². The van der Waals surface area contributed by atoms with Crippen LogP contribution in [0.1, 0.15) is 12.0 Å². The van der Waals surface area contributed by atoms with Crippen LogP contribution in [0.25, 0.3) is 0 Å². The number of hydrogen-bond donors (Lipinski definition) is 1. The second-order valence-electron chi connectivity index (χ2n) is 5.80. The first kappa shape index (κ1) is 17.8. The Bertz CT molecular complexity index is 757. The lowest BCUT2D eigenvalue weighted by Gasteiger charge is -2.14. The summed E-state index contributed by atoms with van der Waals surface area (Å²) in [4.78, 5) is 34.9. The molecular weight excluding hydrogens is 362 g/mol. The minimum atomic E-state index is -0.392. The van der Waals surface area contributed by atoms with Gasteiger partial charge in [0.2, 0.25) is 5.91 Å². The monoisotopic (exact) mass is 377 g/mol. The van der Waals surface area contributed by atoms with Crippen molar-refractivity contribution < 1.29 is 19.1 Å². The molecule has 0 saturated carbocycles. The molecule has 1 aliphatic heterocycles. The molecule has 1 fully saturated rings. The molecule has 0 bridgehead atoms. The quantitative estimate of drug-likeness (QED) is 0.824. The average Bonchev–Trinajstić information content (AvgIpc) is 2.91. The van der Waals surface area contributed by atoms with Crippen LogP contribution < -0.4 is 10.1 Å². The Morgan fingerprint density at radius 1 is 1.28 bits per heavy atom. The first-order chi connectivity index (χ1) is 12.0. The number of hydrogen-bond acceptors (Lipinski definition) is 5. The van der Waals surface area contributed by atoms with Crippen LogP contribution >= 0.6 is 23.4 Å². The zero-order valence-electron chi connectivity index (χ0n) is 13.2. The fourth-order valence-electron chi connectivity index (χ4n) is 2.59. The zero-order chi connectivity index (χ0) is 17.8. The zero-order valence-corrected chi connectivity index (χ0v) is 14.8. The lowest BCUT2D eigenvalue weighted by Crippen LogP contribution is -2.25. The van der Waals surface area contributed by atoms with Crippen molar-refractivity contribution in [3.8, 4) is 5.75 Å². The van der Waals surface area contributed by atoms with Gasteiger partial charge < -0.3 is 4.74 Å². The number of carbonyl (C=O) groups excluding carboxylic acids is 3. The molecule has 0 aromatic heterocycles. The Kier molecular flexibility index (Phi) is 5.60. The number of allylic oxidation sites excluding steroid dienone is 4. The summed E-state index contributed by atoms with van der Waals surface area (Å²) in [6, 6.07) is 7.17. The summed E-state index contributed by atoms with van der Waals surface area (Å²) in [5, 5.41) is 2.24. The number of carbonyl (C=O) groups is 3. The van der Waals surface area contributed by atoms with Crippen LogP contribution in [-0.4, -0.2) is 28.8 Å². The van der Waals surface area contributed by atoms with E-state index in [4.69, 9.17) is 16.3 Å². The minimum Gasteiger partial charge on any atom is -0.486 e. The van der Waals surface area contributed by atoms with Crippen molar-refractivity contribution in [2.75, 3.05) is 6.61 Å². The van der Waals surface area contributed by atoms with Gasteiger partial charge in [-0.3, -0.25) is 19.7 Å². The number of rotatable bonds is 6. The molecule has 1 aliphatic carbocycles. The fraction of sp³-hybridized carbons (Fsp3) is 0.278. The van der Waals surface area contributed by atoms with Crippen LogP contribution in [0.4, 0.5) is 4.79 Å². The van der Waals surface area contributed by atoms with E-state index >= 15 is 0 Å². The summed E-state index contributed by atoms with van der Waals surface area (Å²) in [6.07, 6.45) is 6.37. The SMILES string of the molecule is O=C1NC(=O)C(Cc2ccc(OCC(=O)C3C=CC=C(Cl)C3)cc2)S1. The van der Waals surface area contributed by atoms with Crippen LogP contribution in [-0.2, 0) is 16.0 Å². The van der Waals surface area contributed by atoms with Crippen molar-refractivity contribution in [3.05, 3.63) is 53.1 Å². The second-order valence-corrected chi connectivity index (χ2v) is 7.46. The summed E-state index contributed by atoms with van der Waals surface area (Å²) in [6.45, 7) is -0.0199. The molecule has 1 saturated heterocycles. The largest absolute Gasteiger partial charge is 0.486 e. The van der Waals surface area contributed by atoms with Crippen molar-refractivity contribution in [2.24, 2.45) is 5.92 Å². The summed E-state index contributed by atoms with van der Waals surface area (Å²) in [5.74, 6) is 0.0589. The molecule has 2 unspecified atom stereocenters. The summed E-state index contributed by atoms with van der Waals surface area (Å²) in [5.41, 5.74) is 0.924. The molecule has 3 rings (SSSR count). The number of amides is 2. The van der Waals surface area contributed by atoms with Gasteiger partial charge in [0, 0.05) is 11.0 Å². The van der Waals surface area contributed by atoms with Gasteiger partial charge in [-0.1, -0.05) is 47.6 Å². The van der Waals surface area contributed by atoms with Crippen LogP contribution in [0.15, 0.2) is 47.5 Å². The number of nitrogens with one attached hydrogen (secondary N) is 1. The van der Waals surface area contributed by atoms with E-state index < -0.39 is 5.25 Å². The highest BCUT2D eigenvalue weighted by molar-refractivity contribution is 8.15. The van der Waals surface area contributed by atoms with E-state index in [0.29, 0.717) is 23.6 Å². The van der Waals surface area contributed by atoms with Crippen LogP contribution in [0, 0.1) is 5.92 Å². The second kappa shape index (κ2) is 7.89. The van der Waals surface area contributed by atoms with E-state index in [0.717, 1.165) is 17.3 Å². The molecule has 1 N–H and O–H groups in total. The molecule has 2 aliphatic rings. The number of Topliss-reactive ketones (excluding diaryl/α,β-unsaturated/α-hetero) is 1. The Morgan fingerprint density at radius 2 is 2.04 bits per heavy atom. The molecule has 0 radical (unpaired) electrons. The van der Waals surface area contributed by atoms with Gasteiger partial charge >= 0.3 is 0 Å². The first-order valence-corrected chi connectivity index (χ1v) is 9.06. The van der Waals surface area contributed by atoms with Gasteiger partial charge in [0.05, 0.1) is 5.25 Å². The van der Waals surface area contributed by atoms with Crippen LogP contribution in [0.2, 0.25) is 0 Å². The van der Waals surface area contributed by atoms with Gasteiger partial charge in [-0.2, -0.15) is 0 Å². The molecule has 5 nitrogen and oxygen atoms in total. The van der Waals surface area contributed by atoms with Crippen molar-refractivity contribution in [1.29, 1.82) is 0 Å². The Morgan fingerprint density at radius 3 is 2.68 bits per heavy atom. The molecule has 25 heavy (non-hydrogen) atoms. The molecule has 1 heterocycles. The van der Waals surface area contributed by atoms with Gasteiger partial charge in [-0.15, -0.1) is 0 Å². The molecular formula is C18H16ClNO4S. The average molecular weight is 378 g/mol. The third kappa shape index (κ3) is 4.74. The predicted molar refractivity (Wildman–Crippen MR) is 96.7 cm³/mol. The van der Waals surface area contributed by atoms with Gasteiger partial charge in [0.25, 0.3) is 5.24 Å². The number of thioether (sulfide) groups is 1. The van der Waals surface area contributed by atoms with Crippen LogP contribution in [0.3, 0.4) is 0 Å². The van der Waals surface area contributed by atoms with Crippen molar-refractivity contribution >= 4 is 40.3 Å². The maximum absolute atomic E-state index is 12.1.